The minimum atomic E-state index is -0.637. The standard InChI is InChI=1S/C20H23N5O3/c1-22-12-13-23(2)19(22)21-16-11-6-5-8-14(16)9-7-10-15-17(26)24(3)20(28)25(4)18(15)27/h5-11H,12-13H2,1-4H3/b9-7-. The van der Waals surface area contributed by atoms with Crippen LogP contribution in [0.15, 0.2) is 47.0 Å². The Hall–Kier alpha value is -3.42. The molecule has 2 aliphatic heterocycles. The molecule has 0 aliphatic carbocycles. The van der Waals surface area contributed by atoms with E-state index in [4.69, 9.17) is 4.99 Å². The molecule has 1 aromatic carbocycles. The first-order valence-electron chi connectivity index (χ1n) is 8.89. The molecule has 0 unspecified atom stereocenters. The van der Waals surface area contributed by atoms with E-state index in [0.717, 1.165) is 40.1 Å². The maximum atomic E-state index is 12.2. The smallest absolute Gasteiger partial charge is 0.333 e. The van der Waals surface area contributed by atoms with E-state index < -0.39 is 17.8 Å². The number of imide groups is 2. The van der Waals surface area contributed by atoms with Gasteiger partial charge < -0.3 is 9.80 Å². The molecule has 28 heavy (non-hydrogen) atoms. The number of barbiturate groups is 1. The highest BCUT2D eigenvalue weighted by Gasteiger charge is 2.37. The fourth-order valence-corrected chi connectivity index (χ4v) is 3.04. The van der Waals surface area contributed by atoms with Crippen LogP contribution in [0.5, 0.6) is 0 Å². The van der Waals surface area contributed by atoms with Crippen LogP contribution >= 0.6 is 0 Å². The van der Waals surface area contributed by atoms with E-state index in [2.05, 4.69) is 9.80 Å². The van der Waals surface area contributed by atoms with E-state index in [1.54, 1.807) is 12.2 Å². The molecule has 0 aromatic heterocycles. The summed E-state index contributed by atoms with van der Waals surface area (Å²) in [5.41, 5.74) is 1.59. The van der Waals surface area contributed by atoms with Crippen LogP contribution in [-0.2, 0) is 9.59 Å². The number of aliphatic imine (C=N–C) groups is 1. The predicted molar refractivity (Wildman–Crippen MR) is 107 cm³/mol. The third-order valence-corrected chi connectivity index (χ3v) is 4.79. The van der Waals surface area contributed by atoms with Crippen LogP contribution in [0, 0.1) is 0 Å². The lowest BCUT2D eigenvalue weighted by Gasteiger charge is -2.28. The monoisotopic (exact) mass is 381 g/mol. The number of allylic oxidation sites excluding steroid dienone is 2. The lowest BCUT2D eigenvalue weighted by atomic mass is 10.1. The molecule has 2 aliphatic rings. The third-order valence-electron chi connectivity index (χ3n) is 4.79. The molecule has 0 atom stereocenters. The second-order valence-corrected chi connectivity index (χ2v) is 6.76. The summed E-state index contributed by atoms with van der Waals surface area (Å²) in [7, 11) is 6.70. The van der Waals surface area contributed by atoms with Gasteiger partial charge in [-0.15, -0.1) is 0 Å². The number of likely N-dealkylation sites (N-methyl/N-ethyl adjacent to an activating group) is 4. The van der Waals surface area contributed by atoms with Crippen molar-refractivity contribution in [1.82, 2.24) is 19.6 Å². The predicted octanol–water partition coefficient (Wildman–Crippen LogP) is 1.54. The Labute approximate surface area is 164 Å². The van der Waals surface area contributed by atoms with Gasteiger partial charge in [-0.25, -0.2) is 9.79 Å². The van der Waals surface area contributed by atoms with E-state index in [1.807, 2.05) is 38.4 Å². The van der Waals surface area contributed by atoms with Crippen molar-refractivity contribution in [2.75, 3.05) is 41.3 Å². The van der Waals surface area contributed by atoms with Gasteiger partial charge in [0.15, 0.2) is 0 Å². The van der Waals surface area contributed by atoms with Crippen molar-refractivity contribution in [3.05, 3.63) is 47.6 Å². The molecule has 2 fully saturated rings. The summed E-state index contributed by atoms with van der Waals surface area (Å²) in [6, 6.07) is 7.00. The molecule has 1 aromatic rings. The van der Waals surface area contributed by atoms with Gasteiger partial charge in [0.2, 0.25) is 5.96 Å². The van der Waals surface area contributed by atoms with Gasteiger partial charge in [-0.1, -0.05) is 30.4 Å². The number of nitrogens with zero attached hydrogens (tertiary/aromatic N) is 5. The molecule has 0 radical (unpaired) electrons. The lowest BCUT2D eigenvalue weighted by molar-refractivity contribution is -0.134. The third kappa shape index (κ3) is 3.53. The van der Waals surface area contributed by atoms with Crippen LogP contribution in [0.4, 0.5) is 10.5 Å². The lowest BCUT2D eigenvalue weighted by Crippen LogP contribution is -2.52. The van der Waals surface area contributed by atoms with Crippen LogP contribution in [0.3, 0.4) is 0 Å². The average molecular weight is 381 g/mol. The molecule has 8 heteroatoms. The number of benzene rings is 1. The second kappa shape index (κ2) is 7.67. The van der Waals surface area contributed by atoms with Gasteiger partial charge in [0.05, 0.1) is 5.69 Å². The Balaban J connectivity index is 1.89. The van der Waals surface area contributed by atoms with Crippen molar-refractivity contribution in [1.29, 1.82) is 0 Å². The highest BCUT2D eigenvalue weighted by molar-refractivity contribution is 6.28. The highest BCUT2D eigenvalue weighted by Crippen LogP contribution is 2.23. The van der Waals surface area contributed by atoms with E-state index in [0.29, 0.717) is 0 Å². The topological polar surface area (TPSA) is 76.5 Å². The second-order valence-electron chi connectivity index (χ2n) is 6.76. The summed E-state index contributed by atoms with van der Waals surface area (Å²) in [4.78, 5) is 47.0. The quantitative estimate of drug-likeness (QED) is 0.586. The number of amides is 4. The SMILES string of the molecule is CN1CCN(C)C1=Nc1ccccc1/C=C\C=C1C(=O)N(C)C(=O)N(C)C1=O. The molecule has 4 amide bonds. The van der Waals surface area contributed by atoms with Gasteiger partial charge in [-0.05, 0) is 12.1 Å². The van der Waals surface area contributed by atoms with Crippen molar-refractivity contribution in [3.8, 4) is 0 Å². The van der Waals surface area contributed by atoms with Crippen LogP contribution in [0.1, 0.15) is 5.56 Å². The fraction of sp³-hybridized carbons (Fsp3) is 0.300. The number of carbonyl (C=O) groups excluding carboxylic acids is 3. The Morgan fingerprint density at radius 3 is 2.07 bits per heavy atom. The summed E-state index contributed by atoms with van der Waals surface area (Å²) in [5.74, 6) is -0.334. The van der Waals surface area contributed by atoms with E-state index in [-0.39, 0.29) is 5.57 Å². The highest BCUT2D eigenvalue weighted by atomic mass is 16.2. The van der Waals surface area contributed by atoms with E-state index in [9.17, 15) is 14.4 Å². The minimum Gasteiger partial charge on any atom is -0.344 e. The van der Waals surface area contributed by atoms with Crippen LogP contribution < -0.4 is 0 Å². The molecule has 2 saturated heterocycles. The fourth-order valence-electron chi connectivity index (χ4n) is 3.04. The van der Waals surface area contributed by atoms with Crippen LogP contribution in [-0.4, -0.2) is 84.7 Å². The first-order chi connectivity index (χ1) is 13.3. The molecule has 2 heterocycles. The van der Waals surface area contributed by atoms with Gasteiger partial charge in [0.25, 0.3) is 11.8 Å². The van der Waals surface area contributed by atoms with E-state index in [1.165, 1.54) is 20.2 Å². The van der Waals surface area contributed by atoms with Gasteiger partial charge in [-0.3, -0.25) is 19.4 Å². The number of carbonyl (C=O) groups is 3. The molecule has 8 nitrogen and oxygen atoms in total. The number of guanidine groups is 1. The summed E-state index contributed by atoms with van der Waals surface area (Å²) in [6.45, 7) is 1.84. The maximum absolute atomic E-state index is 12.2. The number of para-hydroxylation sites is 1. The first-order valence-corrected chi connectivity index (χ1v) is 8.89. The minimum absolute atomic E-state index is 0.0556. The molecule has 0 saturated carbocycles. The van der Waals surface area contributed by atoms with Crippen LogP contribution in [0.2, 0.25) is 0 Å². The summed E-state index contributed by atoms with van der Waals surface area (Å²) < 4.78 is 0. The molecule has 0 N–H and O–H groups in total. The Morgan fingerprint density at radius 1 is 0.893 bits per heavy atom. The first kappa shape index (κ1) is 19.3. The zero-order valence-corrected chi connectivity index (χ0v) is 16.4. The van der Waals surface area contributed by atoms with Gasteiger partial charge in [0.1, 0.15) is 5.57 Å². The molecule has 146 valence electrons. The van der Waals surface area contributed by atoms with Gasteiger partial charge in [0, 0.05) is 46.8 Å². The Bertz CT molecular complexity index is 880. The van der Waals surface area contributed by atoms with Crippen LogP contribution in [0.25, 0.3) is 6.08 Å². The van der Waals surface area contributed by atoms with Gasteiger partial charge >= 0.3 is 6.03 Å². The number of hydrogen-bond donors (Lipinski definition) is 0. The summed E-state index contributed by atoms with van der Waals surface area (Å²) in [6.07, 6.45) is 4.85. The van der Waals surface area contributed by atoms with Crippen molar-refractivity contribution >= 4 is 35.6 Å². The molecule has 0 bridgehead atoms. The zero-order chi connectivity index (χ0) is 20.4. The van der Waals surface area contributed by atoms with Crippen molar-refractivity contribution in [2.45, 2.75) is 0 Å². The average Bonchev–Trinajstić information content (AvgIpc) is 3.00. The zero-order valence-electron chi connectivity index (χ0n) is 16.4. The van der Waals surface area contributed by atoms with Crippen molar-refractivity contribution in [2.24, 2.45) is 4.99 Å². The molecular weight excluding hydrogens is 358 g/mol. The van der Waals surface area contributed by atoms with Crippen molar-refractivity contribution in [3.63, 3.8) is 0 Å². The number of rotatable bonds is 3. The molecular formula is C20H23N5O3. The Kier molecular flexibility index (Phi) is 5.30. The number of urea groups is 1. The largest absolute Gasteiger partial charge is 0.344 e. The Morgan fingerprint density at radius 2 is 1.46 bits per heavy atom. The van der Waals surface area contributed by atoms with Crippen molar-refractivity contribution < 1.29 is 14.4 Å². The maximum Gasteiger partial charge on any atom is 0.333 e. The summed E-state index contributed by atoms with van der Waals surface area (Å²) in [5, 5.41) is 0. The van der Waals surface area contributed by atoms with E-state index >= 15 is 0 Å². The molecule has 3 rings (SSSR count). The summed E-state index contributed by atoms with van der Waals surface area (Å²) >= 11 is 0. The normalized spacial score (nSPS) is 18.1. The number of hydrogen-bond acceptors (Lipinski definition) is 4. The molecule has 0 spiro atoms. The van der Waals surface area contributed by atoms with Gasteiger partial charge in [-0.2, -0.15) is 0 Å².